The van der Waals surface area contributed by atoms with Crippen LogP contribution in [0.1, 0.15) is 58.9 Å². The summed E-state index contributed by atoms with van der Waals surface area (Å²) in [6.45, 7) is 4.66. The van der Waals surface area contributed by atoms with Crippen molar-refractivity contribution in [1.29, 1.82) is 0 Å². The van der Waals surface area contributed by atoms with Crippen molar-refractivity contribution in [1.82, 2.24) is 4.57 Å². The molecule has 4 nitrogen and oxygen atoms in total. The molecule has 0 N–H and O–H groups in total. The van der Waals surface area contributed by atoms with Crippen molar-refractivity contribution in [3.8, 4) is 11.1 Å². The monoisotopic (exact) mass is 746 g/mol. The summed E-state index contributed by atoms with van der Waals surface area (Å²) in [6.07, 6.45) is 6.17. The molecule has 10 aromatic rings. The van der Waals surface area contributed by atoms with Gasteiger partial charge in [0.05, 0.1) is 17.8 Å². The molecule has 0 spiro atoms. The standard InChI is InChI=1S/C54H38N2O2/c1-33-42(34-14-4-2-5-15-34)32-44(35-16-6-3-7-17-35)55-54(33)37-26-28-41-51(31-37)58-49-24-12-20-38(52(41)49)36-27-29-48-43(30-36)53-47(23-13-25-50(53)57-48)56-45-21-10-8-18-39(45)40-19-9-11-22-46(40)56/h2-22,24-31,42,44,47H,1,23,32H2. The van der Waals surface area contributed by atoms with Gasteiger partial charge in [0.1, 0.15) is 22.5 Å². The predicted molar refractivity (Wildman–Crippen MR) is 239 cm³/mol. The van der Waals surface area contributed by atoms with E-state index in [0.29, 0.717) is 0 Å². The van der Waals surface area contributed by atoms with Gasteiger partial charge in [-0.25, -0.2) is 0 Å². The Morgan fingerprint density at radius 3 is 2.05 bits per heavy atom. The number of fused-ring (bicyclic) bond motifs is 9. The number of benzene rings is 7. The summed E-state index contributed by atoms with van der Waals surface area (Å²) < 4.78 is 15.8. The van der Waals surface area contributed by atoms with Crippen LogP contribution in [-0.4, -0.2) is 10.3 Å². The minimum Gasteiger partial charge on any atom is -0.456 e. The fourth-order valence-electron chi connectivity index (χ4n) is 9.92. The highest BCUT2D eigenvalue weighted by molar-refractivity contribution is 6.18. The van der Waals surface area contributed by atoms with E-state index in [1.165, 1.54) is 38.5 Å². The highest BCUT2D eigenvalue weighted by atomic mass is 16.3. The Bertz CT molecular complexity index is 3270. The number of rotatable bonds is 5. The molecule has 0 saturated carbocycles. The van der Waals surface area contributed by atoms with Crippen molar-refractivity contribution >= 4 is 66.5 Å². The van der Waals surface area contributed by atoms with Gasteiger partial charge in [-0.2, -0.15) is 0 Å². The lowest BCUT2D eigenvalue weighted by atomic mass is 9.78. The van der Waals surface area contributed by atoms with Crippen LogP contribution < -0.4 is 0 Å². The van der Waals surface area contributed by atoms with Gasteiger partial charge in [0, 0.05) is 55.0 Å². The van der Waals surface area contributed by atoms with Crippen LogP contribution in [0.25, 0.3) is 71.9 Å². The fourth-order valence-corrected chi connectivity index (χ4v) is 9.92. The van der Waals surface area contributed by atoms with E-state index in [9.17, 15) is 0 Å². The molecule has 58 heavy (non-hydrogen) atoms. The number of nitrogens with zero attached hydrogens (tertiary/aromatic N) is 2. The first kappa shape index (κ1) is 33.0. The Hall–Kier alpha value is -7.17. The van der Waals surface area contributed by atoms with Gasteiger partial charge in [0.2, 0.25) is 0 Å². The molecule has 3 unspecified atom stereocenters. The number of aromatic nitrogens is 1. The van der Waals surface area contributed by atoms with Crippen molar-refractivity contribution in [2.75, 3.05) is 0 Å². The van der Waals surface area contributed by atoms with E-state index in [2.05, 4.69) is 187 Å². The van der Waals surface area contributed by atoms with Gasteiger partial charge in [-0.1, -0.05) is 134 Å². The molecule has 1 aliphatic heterocycles. The maximum Gasteiger partial charge on any atom is 0.136 e. The van der Waals surface area contributed by atoms with Gasteiger partial charge in [0.25, 0.3) is 0 Å². The fraction of sp³-hybridized carbons (Fsp3) is 0.0926. The second-order valence-corrected chi connectivity index (χ2v) is 15.8. The van der Waals surface area contributed by atoms with Gasteiger partial charge in [0.15, 0.2) is 0 Å². The van der Waals surface area contributed by atoms with Gasteiger partial charge < -0.3 is 13.4 Å². The van der Waals surface area contributed by atoms with E-state index in [-0.39, 0.29) is 18.0 Å². The second-order valence-electron chi connectivity index (χ2n) is 15.8. The minimum atomic E-state index is 0.0264. The van der Waals surface area contributed by atoms with E-state index >= 15 is 0 Å². The first-order valence-corrected chi connectivity index (χ1v) is 20.2. The van der Waals surface area contributed by atoms with Crippen molar-refractivity contribution in [2.45, 2.75) is 30.8 Å². The maximum atomic E-state index is 6.70. The number of hydrogen-bond donors (Lipinski definition) is 0. The van der Waals surface area contributed by atoms with Crippen LogP contribution in [0.15, 0.2) is 196 Å². The molecule has 1 aliphatic carbocycles. The molecular formula is C54H38N2O2. The Balaban J connectivity index is 0.980. The SMILES string of the molecule is C=C1C(c2ccc3c(c2)oc2cccc(-c4ccc5oc6c(c5c4)C(n4c5ccccc5c5ccccc54)CC=C6)c23)=NC(c2ccccc2)CC1c1ccccc1. The lowest BCUT2D eigenvalue weighted by molar-refractivity contribution is 0.562. The average Bonchev–Trinajstić information content (AvgIpc) is 3.96. The smallest absolute Gasteiger partial charge is 0.136 e. The largest absolute Gasteiger partial charge is 0.456 e. The third-order valence-corrected chi connectivity index (χ3v) is 12.6. The summed E-state index contributed by atoms with van der Waals surface area (Å²) in [5.74, 6) is 1.09. The Kier molecular flexibility index (Phi) is 7.36. The van der Waals surface area contributed by atoms with E-state index in [1.54, 1.807) is 0 Å². The zero-order chi connectivity index (χ0) is 38.3. The summed E-state index contributed by atoms with van der Waals surface area (Å²) in [7, 11) is 0. The molecule has 0 saturated heterocycles. The first-order chi connectivity index (χ1) is 28.7. The van der Waals surface area contributed by atoms with Gasteiger partial charge in [-0.15, -0.1) is 0 Å². The Labute approximate surface area is 335 Å². The zero-order valence-corrected chi connectivity index (χ0v) is 31.8. The first-order valence-electron chi connectivity index (χ1n) is 20.2. The molecule has 0 fully saturated rings. The van der Waals surface area contributed by atoms with Crippen LogP contribution in [0, 0.1) is 0 Å². The summed E-state index contributed by atoms with van der Waals surface area (Å²) in [6, 6.07) is 58.6. The van der Waals surface area contributed by atoms with E-state index in [1.807, 2.05) is 0 Å². The van der Waals surface area contributed by atoms with Crippen molar-refractivity contribution in [3.63, 3.8) is 0 Å². The van der Waals surface area contributed by atoms with Crippen molar-refractivity contribution < 1.29 is 8.83 Å². The second kappa shape index (κ2) is 12.9. The van der Waals surface area contributed by atoms with Crippen LogP contribution in [0.3, 0.4) is 0 Å². The highest BCUT2D eigenvalue weighted by Crippen LogP contribution is 2.46. The summed E-state index contributed by atoms with van der Waals surface area (Å²) >= 11 is 0. The molecule has 7 aromatic carbocycles. The van der Waals surface area contributed by atoms with E-state index < -0.39 is 0 Å². The zero-order valence-electron chi connectivity index (χ0n) is 31.8. The van der Waals surface area contributed by atoms with Crippen molar-refractivity contribution in [3.05, 3.63) is 210 Å². The van der Waals surface area contributed by atoms with E-state index in [0.717, 1.165) is 79.5 Å². The molecule has 4 heteroatoms. The van der Waals surface area contributed by atoms with Crippen LogP contribution in [0.4, 0.5) is 0 Å². The quantitative estimate of drug-likeness (QED) is 0.176. The molecule has 0 bridgehead atoms. The summed E-state index contributed by atoms with van der Waals surface area (Å²) in [5, 5.41) is 5.88. The topological polar surface area (TPSA) is 43.6 Å². The van der Waals surface area contributed by atoms with Crippen LogP contribution >= 0.6 is 0 Å². The number of allylic oxidation sites excluding steroid dienone is 2. The molecular weight excluding hydrogens is 709 g/mol. The minimum absolute atomic E-state index is 0.0264. The number of para-hydroxylation sites is 2. The molecule has 4 heterocycles. The number of hydrogen-bond acceptors (Lipinski definition) is 3. The summed E-state index contributed by atoms with van der Waals surface area (Å²) in [4.78, 5) is 5.38. The van der Waals surface area contributed by atoms with Crippen molar-refractivity contribution in [2.24, 2.45) is 4.99 Å². The maximum absolute atomic E-state index is 6.70. The van der Waals surface area contributed by atoms with Gasteiger partial charge in [-0.3, -0.25) is 4.99 Å². The lowest BCUT2D eigenvalue weighted by Crippen LogP contribution is -2.21. The molecule has 0 amide bonds. The Morgan fingerprint density at radius 2 is 1.28 bits per heavy atom. The molecule has 3 atom stereocenters. The molecule has 12 rings (SSSR count). The van der Waals surface area contributed by atoms with Gasteiger partial charge in [-0.05, 0) is 89.2 Å². The predicted octanol–water partition coefficient (Wildman–Crippen LogP) is 14.4. The molecule has 3 aromatic heterocycles. The van der Waals surface area contributed by atoms with E-state index in [4.69, 9.17) is 13.8 Å². The molecule has 2 aliphatic rings. The van der Waals surface area contributed by atoms with Crippen LogP contribution in [0.2, 0.25) is 0 Å². The van der Waals surface area contributed by atoms with Crippen LogP contribution in [-0.2, 0) is 0 Å². The van der Waals surface area contributed by atoms with Gasteiger partial charge >= 0.3 is 0 Å². The van der Waals surface area contributed by atoms with Crippen LogP contribution in [0.5, 0.6) is 0 Å². The normalized spacial score (nSPS) is 18.1. The number of aliphatic imine (C=N–C) groups is 1. The average molecular weight is 747 g/mol. The molecule has 276 valence electrons. The lowest BCUT2D eigenvalue weighted by Gasteiger charge is -2.31. The number of furan rings is 2. The third-order valence-electron chi connectivity index (χ3n) is 12.6. The Morgan fingerprint density at radius 1 is 0.569 bits per heavy atom. The third kappa shape index (κ3) is 5.04. The summed E-state index contributed by atoms with van der Waals surface area (Å²) in [5.41, 5.74) is 14.1. The molecule has 0 radical (unpaired) electrons. The highest BCUT2D eigenvalue weighted by Gasteiger charge is 2.31.